The molecule has 2 aromatic rings. The van der Waals surface area contributed by atoms with Crippen molar-refractivity contribution in [2.45, 2.75) is 38.1 Å². The molecule has 0 fully saturated rings. The van der Waals surface area contributed by atoms with Gasteiger partial charge in [-0.15, -0.1) is 0 Å². The topological polar surface area (TPSA) is 66.5 Å². The molecule has 0 aliphatic rings. The second kappa shape index (κ2) is 9.35. The quantitative estimate of drug-likeness (QED) is 0.722. The molecule has 1 unspecified atom stereocenters. The molecule has 0 bridgehead atoms. The highest BCUT2D eigenvalue weighted by Crippen LogP contribution is 2.19. The van der Waals surface area contributed by atoms with Crippen LogP contribution in [0.5, 0.6) is 0 Å². The minimum atomic E-state index is -3.48. The summed E-state index contributed by atoms with van der Waals surface area (Å²) in [5, 5.41) is 3.56. The van der Waals surface area contributed by atoms with Gasteiger partial charge in [0.25, 0.3) is 0 Å². The molecule has 0 saturated carbocycles. The summed E-state index contributed by atoms with van der Waals surface area (Å²) < 4.78 is 26.5. The number of halogens is 1. The van der Waals surface area contributed by atoms with E-state index in [4.69, 9.17) is 11.6 Å². The van der Waals surface area contributed by atoms with Crippen LogP contribution < -0.4 is 5.32 Å². The molecule has 2 aromatic carbocycles. The maximum Gasteiger partial charge on any atom is 0.243 e. The van der Waals surface area contributed by atoms with E-state index in [1.165, 1.54) is 4.31 Å². The standard InChI is InChI=1S/C20H25ClN2O3S/c1-4-23(5-2)27(25,26)19-12-8-17(9-13-19)15(3)22-20(24)14-16-6-10-18(21)11-7-16/h6-13,15H,4-5,14H2,1-3H3,(H,22,24). The average Bonchev–Trinajstić information content (AvgIpc) is 2.64. The van der Waals surface area contributed by atoms with E-state index in [9.17, 15) is 13.2 Å². The number of benzene rings is 2. The second-order valence-electron chi connectivity index (χ2n) is 6.25. The number of carbonyl (C=O) groups is 1. The van der Waals surface area contributed by atoms with E-state index in [1.807, 2.05) is 32.9 Å². The van der Waals surface area contributed by atoms with Gasteiger partial charge in [-0.25, -0.2) is 8.42 Å². The van der Waals surface area contributed by atoms with Gasteiger partial charge in [-0.05, 0) is 42.3 Å². The Balaban J connectivity index is 2.03. The van der Waals surface area contributed by atoms with Crippen molar-refractivity contribution < 1.29 is 13.2 Å². The summed E-state index contributed by atoms with van der Waals surface area (Å²) in [6.45, 7) is 6.35. The first-order chi connectivity index (χ1) is 12.8. The fraction of sp³-hybridized carbons (Fsp3) is 0.350. The van der Waals surface area contributed by atoms with Crippen LogP contribution in [0.4, 0.5) is 0 Å². The Morgan fingerprint density at radius 3 is 2.11 bits per heavy atom. The van der Waals surface area contributed by atoms with Gasteiger partial charge in [0.1, 0.15) is 0 Å². The molecule has 2 rings (SSSR count). The smallest absolute Gasteiger partial charge is 0.243 e. The lowest BCUT2D eigenvalue weighted by atomic mass is 10.1. The van der Waals surface area contributed by atoms with Gasteiger partial charge in [-0.3, -0.25) is 4.79 Å². The minimum Gasteiger partial charge on any atom is -0.349 e. The molecule has 0 aliphatic carbocycles. The first-order valence-corrected chi connectivity index (χ1v) is 10.7. The van der Waals surface area contributed by atoms with Crippen molar-refractivity contribution >= 4 is 27.5 Å². The molecule has 1 atom stereocenters. The molecule has 0 spiro atoms. The van der Waals surface area contributed by atoms with E-state index in [0.29, 0.717) is 18.1 Å². The zero-order chi connectivity index (χ0) is 20.0. The third-order valence-electron chi connectivity index (χ3n) is 4.38. The van der Waals surface area contributed by atoms with Crippen LogP contribution in [-0.2, 0) is 21.2 Å². The fourth-order valence-corrected chi connectivity index (χ4v) is 4.39. The van der Waals surface area contributed by atoms with E-state index in [1.54, 1.807) is 36.4 Å². The zero-order valence-electron chi connectivity index (χ0n) is 15.8. The lowest BCUT2D eigenvalue weighted by molar-refractivity contribution is -0.121. The van der Waals surface area contributed by atoms with Crippen molar-refractivity contribution in [1.82, 2.24) is 9.62 Å². The first kappa shape index (κ1) is 21.4. The zero-order valence-corrected chi connectivity index (χ0v) is 17.3. The molecule has 0 aliphatic heterocycles. The number of sulfonamides is 1. The highest BCUT2D eigenvalue weighted by molar-refractivity contribution is 7.89. The van der Waals surface area contributed by atoms with Crippen LogP contribution in [0.3, 0.4) is 0 Å². The van der Waals surface area contributed by atoms with E-state index in [2.05, 4.69) is 5.32 Å². The monoisotopic (exact) mass is 408 g/mol. The van der Waals surface area contributed by atoms with Crippen molar-refractivity contribution in [3.8, 4) is 0 Å². The lowest BCUT2D eigenvalue weighted by Gasteiger charge is -2.19. The molecular formula is C20H25ClN2O3S. The fourth-order valence-electron chi connectivity index (χ4n) is 2.80. The van der Waals surface area contributed by atoms with E-state index >= 15 is 0 Å². The molecule has 0 radical (unpaired) electrons. The molecule has 0 saturated heterocycles. The Kier molecular flexibility index (Phi) is 7.41. The summed E-state index contributed by atoms with van der Waals surface area (Å²) in [5.41, 5.74) is 1.72. The number of nitrogens with one attached hydrogen (secondary N) is 1. The highest BCUT2D eigenvalue weighted by Gasteiger charge is 2.21. The van der Waals surface area contributed by atoms with Crippen LogP contribution in [-0.4, -0.2) is 31.7 Å². The maximum atomic E-state index is 12.5. The summed E-state index contributed by atoms with van der Waals surface area (Å²) in [4.78, 5) is 12.5. The Morgan fingerprint density at radius 1 is 1.04 bits per heavy atom. The van der Waals surface area contributed by atoms with E-state index in [0.717, 1.165) is 11.1 Å². The first-order valence-electron chi connectivity index (χ1n) is 8.91. The summed E-state index contributed by atoms with van der Waals surface area (Å²) in [6.07, 6.45) is 0.260. The maximum absolute atomic E-state index is 12.5. The second-order valence-corrected chi connectivity index (χ2v) is 8.63. The Labute approximate surface area is 166 Å². The van der Waals surface area contributed by atoms with Gasteiger partial charge in [-0.1, -0.05) is 49.7 Å². The molecule has 5 nitrogen and oxygen atoms in total. The SMILES string of the molecule is CCN(CC)S(=O)(=O)c1ccc(C(C)NC(=O)Cc2ccc(Cl)cc2)cc1. The van der Waals surface area contributed by atoms with Gasteiger partial charge in [0.15, 0.2) is 0 Å². The lowest BCUT2D eigenvalue weighted by Crippen LogP contribution is -2.30. The molecule has 1 N–H and O–H groups in total. The van der Waals surface area contributed by atoms with Crippen LogP contribution >= 0.6 is 11.6 Å². The van der Waals surface area contributed by atoms with Crippen molar-refractivity contribution in [2.24, 2.45) is 0 Å². The summed E-state index contributed by atoms with van der Waals surface area (Å²) >= 11 is 5.85. The van der Waals surface area contributed by atoms with Gasteiger partial charge in [0.05, 0.1) is 17.4 Å². The molecule has 0 aromatic heterocycles. The largest absolute Gasteiger partial charge is 0.349 e. The van der Waals surface area contributed by atoms with Crippen LogP contribution in [0.1, 0.15) is 37.9 Å². The van der Waals surface area contributed by atoms with Crippen molar-refractivity contribution in [1.29, 1.82) is 0 Å². The molecule has 1 amide bonds. The van der Waals surface area contributed by atoms with Gasteiger partial charge >= 0.3 is 0 Å². The molecule has 0 heterocycles. The number of hydrogen-bond acceptors (Lipinski definition) is 3. The predicted octanol–water partition coefficient (Wildman–Crippen LogP) is 3.79. The van der Waals surface area contributed by atoms with Crippen molar-refractivity contribution in [2.75, 3.05) is 13.1 Å². The summed E-state index contributed by atoms with van der Waals surface area (Å²) in [5.74, 6) is -0.107. The number of rotatable bonds is 8. The summed E-state index contributed by atoms with van der Waals surface area (Å²) in [7, 11) is -3.48. The Hall–Kier alpha value is -1.89. The van der Waals surface area contributed by atoms with Gasteiger partial charge in [-0.2, -0.15) is 4.31 Å². The molecule has 146 valence electrons. The number of nitrogens with zero attached hydrogens (tertiary/aromatic N) is 1. The van der Waals surface area contributed by atoms with Gasteiger partial charge in [0.2, 0.25) is 15.9 Å². The number of carbonyl (C=O) groups excluding carboxylic acids is 1. The molecular weight excluding hydrogens is 384 g/mol. The Bertz CT molecular complexity index is 861. The van der Waals surface area contributed by atoms with Crippen molar-refractivity contribution in [3.05, 3.63) is 64.7 Å². The van der Waals surface area contributed by atoms with Gasteiger partial charge < -0.3 is 5.32 Å². The van der Waals surface area contributed by atoms with E-state index < -0.39 is 10.0 Å². The van der Waals surface area contributed by atoms with Crippen LogP contribution in [0.25, 0.3) is 0 Å². The normalized spacial score (nSPS) is 12.8. The average molecular weight is 409 g/mol. The van der Waals surface area contributed by atoms with Crippen LogP contribution in [0, 0.1) is 0 Å². The number of hydrogen-bond donors (Lipinski definition) is 1. The van der Waals surface area contributed by atoms with Crippen LogP contribution in [0.15, 0.2) is 53.4 Å². The molecule has 7 heteroatoms. The van der Waals surface area contributed by atoms with Crippen LogP contribution in [0.2, 0.25) is 5.02 Å². The number of amides is 1. The third-order valence-corrected chi connectivity index (χ3v) is 6.69. The third kappa shape index (κ3) is 5.54. The highest BCUT2D eigenvalue weighted by atomic mass is 35.5. The van der Waals surface area contributed by atoms with Gasteiger partial charge in [0, 0.05) is 18.1 Å². The Morgan fingerprint density at radius 2 is 1.59 bits per heavy atom. The van der Waals surface area contributed by atoms with Crippen molar-refractivity contribution in [3.63, 3.8) is 0 Å². The predicted molar refractivity (Wildman–Crippen MR) is 108 cm³/mol. The van der Waals surface area contributed by atoms with E-state index in [-0.39, 0.29) is 23.3 Å². The summed E-state index contributed by atoms with van der Waals surface area (Å²) in [6, 6.07) is 13.6. The molecule has 27 heavy (non-hydrogen) atoms. The minimum absolute atomic E-state index is 0.107.